The Bertz CT molecular complexity index is 1690. The van der Waals surface area contributed by atoms with Crippen LogP contribution < -0.4 is 21.7 Å². The van der Waals surface area contributed by atoms with Gasteiger partial charge in [0.05, 0.1) is 16.9 Å². The molecule has 1 amide bonds. The summed E-state index contributed by atoms with van der Waals surface area (Å²) in [5.41, 5.74) is 17.9. The third-order valence-electron chi connectivity index (χ3n) is 7.96. The molecule has 0 unspecified atom stereocenters. The van der Waals surface area contributed by atoms with Crippen LogP contribution in [0.3, 0.4) is 0 Å². The van der Waals surface area contributed by atoms with Crippen molar-refractivity contribution in [2.24, 2.45) is 11.1 Å². The first-order valence-electron chi connectivity index (χ1n) is 12.1. The number of hydrogen-bond donors (Lipinski definition) is 3. The van der Waals surface area contributed by atoms with Gasteiger partial charge in [-0.3, -0.25) is 9.20 Å². The molecule has 0 radical (unpaired) electrons. The summed E-state index contributed by atoms with van der Waals surface area (Å²) in [6, 6.07) is 5.71. The number of nitrogens with two attached hydrogens (primary N) is 2. The zero-order valence-electron chi connectivity index (χ0n) is 20.0. The molecule has 5 aromatic rings. The number of halogens is 1. The zero-order valence-corrected chi connectivity index (χ0v) is 21.6. The maximum Gasteiger partial charge on any atom is 0.280 e. The molecule has 5 N–H and O–H groups in total. The number of fused-ring (bicyclic) bond motifs is 1. The Kier molecular flexibility index (Phi) is 4.88. The molecule has 1 aliphatic carbocycles. The van der Waals surface area contributed by atoms with Crippen molar-refractivity contribution >= 4 is 57.3 Å². The van der Waals surface area contributed by atoms with Crippen molar-refractivity contribution in [3.05, 3.63) is 51.2 Å². The lowest BCUT2D eigenvalue weighted by Crippen LogP contribution is -2.44. The number of piperidine rings is 1. The van der Waals surface area contributed by atoms with E-state index in [1.165, 1.54) is 11.3 Å². The monoisotopic (exact) mass is 533 g/mol. The maximum absolute atomic E-state index is 12.0. The number of pyridine rings is 2. The zero-order chi connectivity index (χ0) is 25.5. The summed E-state index contributed by atoms with van der Waals surface area (Å²) in [6.07, 6.45) is 6.20. The molecule has 0 bridgehead atoms. The number of thiazole rings is 1. The Hall–Kier alpha value is -3.54. The molecule has 7 rings (SSSR count). The average Bonchev–Trinajstić information content (AvgIpc) is 3.67. The van der Waals surface area contributed by atoms with Crippen molar-refractivity contribution in [3.8, 4) is 11.1 Å². The molecule has 0 aromatic carbocycles. The second kappa shape index (κ2) is 7.98. The fourth-order valence-electron chi connectivity index (χ4n) is 5.91. The van der Waals surface area contributed by atoms with Gasteiger partial charge in [0, 0.05) is 48.4 Å². The van der Waals surface area contributed by atoms with Gasteiger partial charge in [0.15, 0.2) is 10.8 Å². The van der Waals surface area contributed by atoms with Crippen molar-refractivity contribution in [1.82, 2.24) is 29.7 Å². The van der Waals surface area contributed by atoms with Gasteiger partial charge < -0.3 is 21.7 Å². The fraction of sp³-hybridized carbons (Fsp3) is 0.320. The van der Waals surface area contributed by atoms with Crippen LogP contribution in [0, 0.1) is 5.41 Å². The van der Waals surface area contributed by atoms with Crippen molar-refractivity contribution < 1.29 is 4.79 Å². The van der Waals surface area contributed by atoms with E-state index in [4.69, 9.17) is 33.0 Å². The third kappa shape index (κ3) is 3.17. The molecule has 1 spiro atoms. The summed E-state index contributed by atoms with van der Waals surface area (Å²) >= 11 is 7.90. The molecule has 1 atom stereocenters. The summed E-state index contributed by atoms with van der Waals surface area (Å²) in [5, 5.41) is 3.56. The molecule has 1 saturated heterocycles. The number of amides is 1. The van der Waals surface area contributed by atoms with Crippen molar-refractivity contribution in [1.29, 1.82) is 0 Å². The summed E-state index contributed by atoms with van der Waals surface area (Å²) in [7, 11) is 1.62. The summed E-state index contributed by atoms with van der Waals surface area (Å²) in [4.78, 5) is 33.8. The minimum Gasteiger partial charge on any atom is -0.382 e. The van der Waals surface area contributed by atoms with E-state index >= 15 is 0 Å². The number of hydrogen-bond acceptors (Lipinski definition) is 9. The van der Waals surface area contributed by atoms with Gasteiger partial charge in [-0.15, -0.1) is 11.3 Å². The first-order chi connectivity index (χ1) is 17.9. The van der Waals surface area contributed by atoms with Crippen molar-refractivity contribution in [2.75, 3.05) is 30.8 Å². The molecule has 10 nitrogen and oxygen atoms in total. The lowest BCUT2D eigenvalue weighted by atomic mass is 9.74. The Morgan fingerprint density at radius 2 is 2.00 bits per heavy atom. The van der Waals surface area contributed by atoms with Gasteiger partial charge in [-0.1, -0.05) is 11.6 Å². The SMILES string of the molecule is CNC(=O)c1nc2c(s1)[C@@H](N)C1(CCN(c3nc4ccc(-c5ccnc(N)c5Cl)c5ncc3n45)CC1)C2. The number of anilines is 2. The molecule has 188 valence electrons. The van der Waals surface area contributed by atoms with Gasteiger partial charge in [0.2, 0.25) is 0 Å². The molecule has 12 heteroatoms. The van der Waals surface area contributed by atoms with Crippen LogP contribution in [0.4, 0.5) is 11.6 Å². The third-order valence-corrected chi connectivity index (χ3v) is 9.53. The Morgan fingerprint density at radius 3 is 2.76 bits per heavy atom. The molecular formula is C25H24ClN9OS. The van der Waals surface area contributed by atoms with Crippen LogP contribution in [-0.2, 0) is 6.42 Å². The Labute approximate surface area is 221 Å². The van der Waals surface area contributed by atoms with Gasteiger partial charge in [0.1, 0.15) is 22.6 Å². The minimum atomic E-state index is -0.153. The number of nitrogen functional groups attached to an aromatic ring is 1. The normalized spacial score (nSPS) is 18.8. The predicted molar refractivity (Wildman–Crippen MR) is 144 cm³/mol. The predicted octanol–water partition coefficient (Wildman–Crippen LogP) is 3.28. The number of carbonyl (C=O) groups is 1. The molecule has 1 aliphatic heterocycles. The van der Waals surface area contributed by atoms with Crippen molar-refractivity contribution in [3.63, 3.8) is 0 Å². The number of rotatable bonds is 3. The lowest BCUT2D eigenvalue weighted by Gasteiger charge is -2.42. The molecule has 5 aromatic heterocycles. The van der Waals surface area contributed by atoms with E-state index < -0.39 is 0 Å². The maximum atomic E-state index is 12.0. The second-order valence-corrected chi connectivity index (χ2v) is 11.2. The van der Waals surface area contributed by atoms with E-state index in [0.29, 0.717) is 15.8 Å². The minimum absolute atomic E-state index is 0.0319. The highest BCUT2D eigenvalue weighted by atomic mass is 35.5. The van der Waals surface area contributed by atoms with Crippen molar-refractivity contribution in [2.45, 2.75) is 25.3 Å². The number of nitrogens with one attached hydrogen (secondary N) is 1. The number of imidazole rings is 2. The van der Waals surface area contributed by atoms with Crippen LogP contribution >= 0.6 is 22.9 Å². The van der Waals surface area contributed by atoms with E-state index in [0.717, 1.165) is 76.7 Å². The van der Waals surface area contributed by atoms with E-state index in [2.05, 4.69) is 24.6 Å². The lowest BCUT2D eigenvalue weighted by molar-refractivity contribution is 0.0962. The number of aromatic nitrogens is 5. The highest BCUT2D eigenvalue weighted by Gasteiger charge is 2.48. The van der Waals surface area contributed by atoms with Crippen LogP contribution in [-0.4, -0.2) is 50.4 Å². The van der Waals surface area contributed by atoms with Crippen LogP contribution in [0.25, 0.3) is 27.9 Å². The Balaban J connectivity index is 1.17. The molecule has 0 saturated carbocycles. The fourth-order valence-corrected chi connectivity index (χ4v) is 7.30. The number of nitrogens with zero attached hydrogens (tertiary/aromatic N) is 6. The summed E-state index contributed by atoms with van der Waals surface area (Å²) < 4.78 is 2.07. The van der Waals surface area contributed by atoms with Crippen LogP contribution in [0.2, 0.25) is 5.02 Å². The quantitative estimate of drug-likeness (QED) is 0.321. The largest absolute Gasteiger partial charge is 0.382 e. The molecule has 6 heterocycles. The van der Waals surface area contributed by atoms with E-state index in [1.807, 2.05) is 24.4 Å². The second-order valence-electron chi connectivity index (χ2n) is 9.81. The van der Waals surface area contributed by atoms with Crippen LogP contribution in [0.1, 0.15) is 39.3 Å². The van der Waals surface area contributed by atoms with Gasteiger partial charge in [-0.2, -0.15) is 0 Å². The van der Waals surface area contributed by atoms with Gasteiger partial charge in [-0.05, 0) is 42.9 Å². The van der Waals surface area contributed by atoms with Crippen LogP contribution in [0.5, 0.6) is 0 Å². The van der Waals surface area contributed by atoms with E-state index in [-0.39, 0.29) is 17.4 Å². The van der Waals surface area contributed by atoms with Gasteiger partial charge in [0.25, 0.3) is 5.91 Å². The highest BCUT2D eigenvalue weighted by molar-refractivity contribution is 7.13. The first kappa shape index (κ1) is 22.6. The van der Waals surface area contributed by atoms with E-state index in [1.54, 1.807) is 13.2 Å². The smallest absolute Gasteiger partial charge is 0.280 e. The average molecular weight is 534 g/mol. The molecular weight excluding hydrogens is 510 g/mol. The number of carbonyl (C=O) groups excluding carboxylic acids is 1. The van der Waals surface area contributed by atoms with Gasteiger partial charge in [-0.25, -0.2) is 19.9 Å². The molecule has 2 aliphatic rings. The standard InChI is InChI=1S/C25H24ClN9OS/c1-29-23(36)24-32-14-10-25(19(27)18(14)37-24)5-8-34(9-6-25)22-15-11-31-21-13(2-3-16(33-22)35(15)21)12-4-7-30-20(28)17(12)26/h2-4,7,11,19H,5-6,8-10,27H2,1H3,(H2,28,30)(H,29,36)/t19-/m1/s1. The first-order valence-corrected chi connectivity index (χ1v) is 13.3. The highest BCUT2D eigenvalue weighted by Crippen LogP contribution is 2.52. The summed E-state index contributed by atoms with van der Waals surface area (Å²) in [5.74, 6) is 1.07. The Morgan fingerprint density at radius 1 is 1.19 bits per heavy atom. The van der Waals surface area contributed by atoms with Crippen LogP contribution in [0.15, 0.2) is 30.6 Å². The summed E-state index contributed by atoms with van der Waals surface area (Å²) in [6.45, 7) is 1.68. The molecule has 1 fully saturated rings. The topological polar surface area (TPSA) is 140 Å². The molecule has 37 heavy (non-hydrogen) atoms. The van der Waals surface area contributed by atoms with Gasteiger partial charge >= 0.3 is 0 Å². The van der Waals surface area contributed by atoms with E-state index in [9.17, 15) is 4.79 Å².